The van der Waals surface area contributed by atoms with Crippen molar-refractivity contribution >= 4 is 29.2 Å². The molecule has 0 amide bonds. The summed E-state index contributed by atoms with van der Waals surface area (Å²) in [5, 5.41) is 16.5. The van der Waals surface area contributed by atoms with E-state index in [1.54, 1.807) is 0 Å². The normalized spacial score (nSPS) is 25.8. The fraction of sp³-hybridized carbons (Fsp3) is 0.526. The van der Waals surface area contributed by atoms with Crippen molar-refractivity contribution in [1.82, 2.24) is 0 Å². The van der Waals surface area contributed by atoms with Gasteiger partial charge in [-0.15, -0.1) is 0 Å². The Morgan fingerprint density at radius 1 is 1.17 bits per heavy atom. The molecule has 1 aromatic rings. The molecule has 3 atom stereocenters. The second-order valence-electron chi connectivity index (χ2n) is 6.62. The van der Waals surface area contributed by atoms with Gasteiger partial charge in [0.25, 0.3) is 0 Å². The van der Waals surface area contributed by atoms with Gasteiger partial charge < -0.3 is 15.6 Å². The number of ether oxygens (including phenoxy) is 1. The minimum absolute atomic E-state index is 0.133. The van der Waals surface area contributed by atoms with E-state index in [2.05, 4.69) is 0 Å². The Balaban J connectivity index is 1.33. The molecule has 2 N–H and O–H groups in total. The van der Waals surface area contributed by atoms with Crippen LogP contribution in [0, 0.1) is 22.7 Å². The highest BCUT2D eigenvalue weighted by molar-refractivity contribution is 8.00. The summed E-state index contributed by atoms with van der Waals surface area (Å²) >= 11 is 1.91. The maximum Gasteiger partial charge on any atom is 0.306 e. The van der Waals surface area contributed by atoms with Gasteiger partial charge in [0.2, 0.25) is 0 Å². The van der Waals surface area contributed by atoms with Crippen LogP contribution < -0.4 is 0 Å². The lowest BCUT2D eigenvalue weighted by molar-refractivity contribution is -0.145. The Morgan fingerprint density at radius 3 is 2.75 bits per heavy atom. The first kappa shape index (κ1) is 17.2. The van der Waals surface area contributed by atoms with Crippen LogP contribution in [0.5, 0.6) is 0 Å². The monoisotopic (exact) mass is 344 g/mol. The van der Waals surface area contributed by atoms with Gasteiger partial charge in [-0.2, -0.15) is 11.8 Å². The molecule has 1 saturated carbocycles. The van der Waals surface area contributed by atoms with E-state index in [-0.39, 0.29) is 11.9 Å². The molecule has 0 radical (unpaired) electrons. The van der Waals surface area contributed by atoms with E-state index in [0.717, 1.165) is 42.0 Å². The molecule has 2 fully saturated rings. The van der Waals surface area contributed by atoms with Crippen LogP contribution in [-0.2, 0) is 16.1 Å². The van der Waals surface area contributed by atoms with Crippen molar-refractivity contribution in [2.24, 2.45) is 11.8 Å². The number of carbonyl (C=O) groups is 1. The molecular weight excluding hydrogens is 320 g/mol. The van der Waals surface area contributed by atoms with Gasteiger partial charge in [-0.3, -0.25) is 4.79 Å². The van der Waals surface area contributed by atoms with Gasteiger partial charge in [0, 0.05) is 47.1 Å². The Kier molecular flexibility index (Phi) is 5.72. The van der Waals surface area contributed by atoms with Crippen LogP contribution in [-0.4, -0.2) is 28.4 Å². The lowest BCUT2D eigenvalue weighted by Crippen LogP contribution is -2.21. The highest BCUT2D eigenvalue weighted by Crippen LogP contribution is 2.45. The number of thioether (sulfide) groups is 1. The third-order valence-electron chi connectivity index (χ3n) is 4.92. The lowest BCUT2D eigenvalue weighted by Gasteiger charge is -2.17. The number of nitrogens with one attached hydrogen (secondary N) is 2. The molecule has 4 nitrogen and oxygen atoms in total. The highest BCUT2D eigenvalue weighted by atomic mass is 32.2. The first-order valence-electron chi connectivity index (χ1n) is 8.61. The minimum Gasteiger partial charge on any atom is -0.461 e. The van der Waals surface area contributed by atoms with E-state index in [4.69, 9.17) is 15.6 Å². The van der Waals surface area contributed by atoms with E-state index in [1.807, 2.05) is 42.1 Å². The maximum absolute atomic E-state index is 11.8. The van der Waals surface area contributed by atoms with Crippen LogP contribution in [0.4, 0.5) is 0 Å². The lowest BCUT2D eigenvalue weighted by atomic mass is 9.90. The fourth-order valence-corrected chi connectivity index (χ4v) is 5.38. The van der Waals surface area contributed by atoms with E-state index in [0.29, 0.717) is 30.6 Å². The van der Waals surface area contributed by atoms with Crippen LogP contribution in [0.2, 0.25) is 0 Å². The Bertz CT molecular complexity index is 617. The summed E-state index contributed by atoms with van der Waals surface area (Å²) in [4.78, 5) is 11.8. The van der Waals surface area contributed by atoms with Crippen molar-refractivity contribution in [3.05, 3.63) is 35.9 Å². The van der Waals surface area contributed by atoms with E-state index >= 15 is 0 Å². The summed E-state index contributed by atoms with van der Waals surface area (Å²) in [6, 6.07) is 9.73. The van der Waals surface area contributed by atoms with Crippen molar-refractivity contribution in [3.8, 4) is 0 Å². The first-order valence-corrected chi connectivity index (χ1v) is 9.66. The summed E-state index contributed by atoms with van der Waals surface area (Å²) in [6.45, 7) is 0.348. The maximum atomic E-state index is 11.8. The first-order chi connectivity index (χ1) is 11.6. The summed E-state index contributed by atoms with van der Waals surface area (Å²) in [5.74, 6) is 1.46. The number of hydrogen-bond donors (Lipinski definition) is 2. The quantitative estimate of drug-likeness (QED) is 0.578. The Labute approximate surface area is 147 Å². The molecule has 1 aliphatic heterocycles. The number of fused-ring (bicyclic) bond motifs is 1. The molecule has 2 aliphatic rings. The van der Waals surface area contributed by atoms with Crippen molar-refractivity contribution < 1.29 is 9.53 Å². The molecule has 5 heteroatoms. The minimum atomic E-state index is -0.133. The van der Waals surface area contributed by atoms with Crippen LogP contribution in [0.3, 0.4) is 0 Å². The summed E-state index contributed by atoms with van der Waals surface area (Å²) < 4.78 is 5.29. The predicted molar refractivity (Wildman–Crippen MR) is 98.0 cm³/mol. The molecule has 1 aromatic carbocycles. The molecule has 3 unspecified atom stereocenters. The van der Waals surface area contributed by atoms with Crippen LogP contribution in [0.15, 0.2) is 30.3 Å². The standard InChI is InChI=1S/C19H24N2O2S/c20-15-10-16(21)19-14(15)12-24-17(19)8-4-5-9-18(22)23-11-13-6-2-1-3-7-13/h1-3,6-7,14,17,19-21H,4-5,8-12H2. The second-order valence-corrected chi connectivity index (χ2v) is 7.90. The fourth-order valence-electron chi connectivity index (χ4n) is 3.62. The van der Waals surface area contributed by atoms with Gasteiger partial charge >= 0.3 is 5.97 Å². The van der Waals surface area contributed by atoms with Crippen LogP contribution in [0.25, 0.3) is 0 Å². The predicted octanol–water partition coefficient (Wildman–Crippen LogP) is 4.08. The smallest absolute Gasteiger partial charge is 0.306 e. The molecule has 128 valence electrons. The molecule has 1 saturated heterocycles. The molecule has 1 aliphatic carbocycles. The number of carbonyl (C=O) groups excluding carboxylic acids is 1. The average molecular weight is 344 g/mol. The second kappa shape index (κ2) is 7.97. The molecule has 24 heavy (non-hydrogen) atoms. The van der Waals surface area contributed by atoms with Gasteiger partial charge in [-0.1, -0.05) is 36.8 Å². The van der Waals surface area contributed by atoms with Gasteiger partial charge in [0.05, 0.1) is 0 Å². The van der Waals surface area contributed by atoms with Gasteiger partial charge in [-0.05, 0) is 18.4 Å². The van der Waals surface area contributed by atoms with Crippen LogP contribution in [0.1, 0.15) is 37.7 Å². The SMILES string of the molecule is N=C1CC(=N)C2C(CCCCC(=O)OCc3ccccc3)SCC12. The van der Waals surface area contributed by atoms with Gasteiger partial charge in [-0.25, -0.2) is 0 Å². The third kappa shape index (κ3) is 4.07. The van der Waals surface area contributed by atoms with E-state index in [1.165, 1.54) is 0 Å². The highest BCUT2D eigenvalue weighted by Gasteiger charge is 2.45. The molecule has 0 bridgehead atoms. The van der Waals surface area contributed by atoms with Crippen molar-refractivity contribution in [3.63, 3.8) is 0 Å². The largest absolute Gasteiger partial charge is 0.461 e. The summed E-state index contributed by atoms with van der Waals surface area (Å²) in [7, 11) is 0. The summed E-state index contributed by atoms with van der Waals surface area (Å²) in [6.07, 6.45) is 3.91. The summed E-state index contributed by atoms with van der Waals surface area (Å²) in [5.41, 5.74) is 2.52. The van der Waals surface area contributed by atoms with E-state index in [9.17, 15) is 4.79 Å². The van der Waals surface area contributed by atoms with Crippen molar-refractivity contribution in [2.75, 3.05) is 5.75 Å². The molecule has 0 spiro atoms. The third-order valence-corrected chi connectivity index (χ3v) is 6.43. The zero-order valence-corrected chi connectivity index (χ0v) is 14.6. The average Bonchev–Trinajstić information content (AvgIpc) is 3.13. The molecule has 1 heterocycles. The molecule has 3 rings (SSSR count). The Hall–Kier alpha value is -1.62. The number of esters is 1. The van der Waals surface area contributed by atoms with Gasteiger partial charge in [0.1, 0.15) is 6.61 Å². The van der Waals surface area contributed by atoms with Crippen LogP contribution >= 0.6 is 11.8 Å². The Morgan fingerprint density at radius 2 is 1.96 bits per heavy atom. The van der Waals surface area contributed by atoms with Crippen molar-refractivity contribution in [1.29, 1.82) is 10.8 Å². The number of unbranched alkanes of at least 4 members (excludes halogenated alkanes) is 1. The molecular formula is C19H24N2O2S. The van der Waals surface area contributed by atoms with Crippen molar-refractivity contribution in [2.45, 2.75) is 44.0 Å². The topological polar surface area (TPSA) is 74.0 Å². The number of benzene rings is 1. The zero-order valence-electron chi connectivity index (χ0n) is 13.8. The number of rotatable bonds is 7. The zero-order chi connectivity index (χ0) is 16.9. The molecule has 0 aromatic heterocycles. The van der Waals surface area contributed by atoms with E-state index < -0.39 is 0 Å². The van der Waals surface area contributed by atoms with Gasteiger partial charge in [0.15, 0.2) is 0 Å². The number of hydrogen-bond acceptors (Lipinski definition) is 5.